The molecule has 0 bridgehead atoms. The van der Waals surface area contributed by atoms with Crippen LogP contribution >= 0.6 is 11.3 Å². The standard InChI is InChI=1S/C12H17NO2S/c1-13(8-10-4-7-16-9-10)12(14)11-2-5-15-6-3-11/h4,7,9,11H,2-3,5-6,8H2,1H3. The number of thiophene rings is 1. The normalized spacial score (nSPS) is 17.3. The second-order valence-electron chi connectivity index (χ2n) is 4.21. The van der Waals surface area contributed by atoms with Gasteiger partial charge in [0.1, 0.15) is 0 Å². The van der Waals surface area contributed by atoms with Crippen molar-refractivity contribution in [2.24, 2.45) is 5.92 Å². The van der Waals surface area contributed by atoms with E-state index in [-0.39, 0.29) is 11.8 Å². The van der Waals surface area contributed by atoms with Crippen molar-refractivity contribution in [1.29, 1.82) is 0 Å². The lowest BCUT2D eigenvalue weighted by molar-refractivity contribution is -0.137. The van der Waals surface area contributed by atoms with Crippen LogP contribution in [0.1, 0.15) is 18.4 Å². The smallest absolute Gasteiger partial charge is 0.225 e. The first-order valence-corrected chi connectivity index (χ1v) is 6.55. The number of ether oxygens (including phenoxy) is 1. The maximum absolute atomic E-state index is 12.1. The first-order chi connectivity index (χ1) is 7.77. The molecule has 0 aromatic carbocycles. The van der Waals surface area contributed by atoms with Gasteiger partial charge in [-0.05, 0) is 35.2 Å². The molecule has 0 atom stereocenters. The molecule has 2 rings (SSSR count). The van der Waals surface area contributed by atoms with Crippen molar-refractivity contribution in [2.75, 3.05) is 20.3 Å². The first kappa shape index (κ1) is 11.6. The fourth-order valence-electron chi connectivity index (χ4n) is 1.99. The molecule has 1 aliphatic rings. The van der Waals surface area contributed by atoms with Gasteiger partial charge in [-0.2, -0.15) is 11.3 Å². The number of hydrogen-bond donors (Lipinski definition) is 0. The van der Waals surface area contributed by atoms with E-state index in [9.17, 15) is 4.79 Å². The van der Waals surface area contributed by atoms with Gasteiger partial charge in [0.05, 0.1) is 0 Å². The number of carbonyl (C=O) groups is 1. The number of nitrogens with zero attached hydrogens (tertiary/aromatic N) is 1. The van der Waals surface area contributed by atoms with Gasteiger partial charge in [0.25, 0.3) is 0 Å². The monoisotopic (exact) mass is 239 g/mol. The van der Waals surface area contributed by atoms with Gasteiger partial charge in [-0.3, -0.25) is 4.79 Å². The Morgan fingerprint density at radius 2 is 2.31 bits per heavy atom. The minimum absolute atomic E-state index is 0.164. The van der Waals surface area contributed by atoms with E-state index in [2.05, 4.69) is 11.4 Å². The Bertz CT molecular complexity index is 331. The third-order valence-corrected chi connectivity index (χ3v) is 3.68. The minimum atomic E-state index is 0.164. The highest BCUT2D eigenvalue weighted by Gasteiger charge is 2.24. The Hall–Kier alpha value is -0.870. The summed E-state index contributed by atoms with van der Waals surface area (Å²) in [5.74, 6) is 0.423. The molecule has 16 heavy (non-hydrogen) atoms. The van der Waals surface area contributed by atoms with Crippen molar-refractivity contribution in [3.63, 3.8) is 0 Å². The molecule has 1 aliphatic heterocycles. The molecular weight excluding hydrogens is 222 g/mol. The maximum atomic E-state index is 12.1. The number of hydrogen-bond acceptors (Lipinski definition) is 3. The highest BCUT2D eigenvalue weighted by atomic mass is 32.1. The van der Waals surface area contributed by atoms with E-state index in [0.717, 1.165) is 32.6 Å². The predicted octanol–water partition coefficient (Wildman–Crippen LogP) is 2.13. The first-order valence-electron chi connectivity index (χ1n) is 5.61. The lowest BCUT2D eigenvalue weighted by Crippen LogP contribution is -2.35. The molecule has 0 saturated carbocycles. The summed E-state index contributed by atoms with van der Waals surface area (Å²) in [6, 6.07) is 2.07. The van der Waals surface area contributed by atoms with Crippen molar-refractivity contribution >= 4 is 17.2 Å². The van der Waals surface area contributed by atoms with Crippen LogP contribution in [0.15, 0.2) is 16.8 Å². The van der Waals surface area contributed by atoms with Crippen molar-refractivity contribution in [1.82, 2.24) is 4.90 Å². The topological polar surface area (TPSA) is 29.5 Å². The van der Waals surface area contributed by atoms with E-state index in [1.54, 1.807) is 11.3 Å². The van der Waals surface area contributed by atoms with Gasteiger partial charge in [-0.15, -0.1) is 0 Å². The van der Waals surface area contributed by atoms with E-state index in [0.29, 0.717) is 0 Å². The summed E-state index contributed by atoms with van der Waals surface area (Å²) in [7, 11) is 1.88. The largest absolute Gasteiger partial charge is 0.381 e. The molecule has 0 spiro atoms. The molecule has 88 valence electrons. The third-order valence-electron chi connectivity index (χ3n) is 2.95. The Kier molecular flexibility index (Phi) is 3.96. The van der Waals surface area contributed by atoms with Crippen LogP contribution < -0.4 is 0 Å². The van der Waals surface area contributed by atoms with Crippen LogP contribution in [-0.2, 0) is 16.1 Å². The number of amides is 1. The van der Waals surface area contributed by atoms with Gasteiger partial charge in [0, 0.05) is 32.7 Å². The molecule has 1 fully saturated rings. The van der Waals surface area contributed by atoms with Gasteiger partial charge in [0.15, 0.2) is 0 Å². The van der Waals surface area contributed by atoms with Crippen molar-refractivity contribution in [3.8, 4) is 0 Å². The van der Waals surface area contributed by atoms with Gasteiger partial charge in [0.2, 0.25) is 5.91 Å². The van der Waals surface area contributed by atoms with E-state index >= 15 is 0 Å². The SMILES string of the molecule is CN(Cc1ccsc1)C(=O)C1CCOCC1. The highest BCUT2D eigenvalue weighted by molar-refractivity contribution is 7.07. The minimum Gasteiger partial charge on any atom is -0.381 e. The molecule has 1 saturated heterocycles. The molecule has 3 nitrogen and oxygen atoms in total. The zero-order chi connectivity index (χ0) is 11.4. The highest BCUT2D eigenvalue weighted by Crippen LogP contribution is 2.18. The summed E-state index contributed by atoms with van der Waals surface area (Å²) in [6.45, 7) is 2.17. The third kappa shape index (κ3) is 2.83. The van der Waals surface area contributed by atoms with Crippen LogP contribution in [0, 0.1) is 5.92 Å². The van der Waals surface area contributed by atoms with Crippen molar-refractivity contribution < 1.29 is 9.53 Å². The predicted molar refractivity (Wildman–Crippen MR) is 64.3 cm³/mol. The lowest BCUT2D eigenvalue weighted by Gasteiger charge is -2.26. The summed E-state index contributed by atoms with van der Waals surface area (Å²) in [5.41, 5.74) is 1.22. The second kappa shape index (κ2) is 5.46. The van der Waals surface area contributed by atoms with Crippen molar-refractivity contribution in [2.45, 2.75) is 19.4 Å². The molecule has 0 N–H and O–H groups in total. The van der Waals surface area contributed by atoms with E-state index in [4.69, 9.17) is 4.74 Å². The van der Waals surface area contributed by atoms with Crippen LogP contribution in [0.4, 0.5) is 0 Å². The van der Waals surface area contributed by atoms with E-state index in [1.165, 1.54) is 5.56 Å². The maximum Gasteiger partial charge on any atom is 0.225 e. The summed E-state index contributed by atoms with van der Waals surface area (Å²) in [5, 5.41) is 4.13. The van der Waals surface area contributed by atoms with Crippen LogP contribution in [0.25, 0.3) is 0 Å². The Morgan fingerprint density at radius 3 is 2.94 bits per heavy atom. The number of carbonyl (C=O) groups excluding carboxylic acids is 1. The van der Waals surface area contributed by atoms with E-state index < -0.39 is 0 Å². The average molecular weight is 239 g/mol. The molecule has 0 unspecified atom stereocenters. The van der Waals surface area contributed by atoms with Gasteiger partial charge in [-0.25, -0.2) is 0 Å². The zero-order valence-corrected chi connectivity index (χ0v) is 10.3. The molecule has 2 heterocycles. The summed E-state index contributed by atoms with van der Waals surface area (Å²) in [6.07, 6.45) is 1.74. The Balaban J connectivity index is 1.88. The fraction of sp³-hybridized carbons (Fsp3) is 0.583. The molecule has 0 radical (unpaired) electrons. The molecular formula is C12H17NO2S. The molecule has 1 aromatic heterocycles. The zero-order valence-electron chi connectivity index (χ0n) is 9.52. The van der Waals surface area contributed by atoms with Crippen LogP contribution in [0.5, 0.6) is 0 Å². The summed E-state index contributed by atoms with van der Waals surface area (Å²) < 4.78 is 5.27. The van der Waals surface area contributed by atoms with Gasteiger partial charge >= 0.3 is 0 Å². The van der Waals surface area contributed by atoms with Gasteiger partial charge in [-0.1, -0.05) is 0 Å². The molecule has 1 aromatic rings. The average Bonchev–Trinajstić information content (AvgIpc) is 2.82. The number of rotatable bonds is 3. The summed E-state index contributed by atoms with van der Waals surface area (Å²) >= 11 is 1.67. The van der Waals surface area contributed by atoms with Crippen LogP contribution in [0.2, 0.25) is 0 Å². The molecule has 1 amide bonds. The van der Waals surface area contributed by atoms with E-state index in [1.807, 2.05) is 17.3 Å². The lowest BCUT2D eigenvalue weighted by atomic mass is 9.99. The van der Waals surface area contributed by atoms with Crippen LogP contribution in [-0.4, -0.2) is 31.1 Å². The second-order valence-corrected chi connectivity index (χ2v) is 4.99. The fourth-order valence-corrected chi connectivity index (χ4v) is 2.65. The summed E-state index contributed by atoms with van der Waals surface area (Å²) in [4.78, 5) is 13.9. The van der Waals surface area contributed by atoms with Gasteiger partial charge < -0.3 is 9.64 Å². The Labute approximate surface area is 100 Å². The molecule has 0 aliphatic carbocycles. The Morgan fingerprint density at radius 1 is 1.56 bits per heavy atom. The molecule has 4 heteroatoms. The van der Waals surface area contributed by atoms with Crippen molar-refractivity contribution in [3.05, 3.63) is 22.4 Å². The quantitative estimate of drug-likeness (QED) is 0.808. The van der Waals surface area contributed by atoms with Crippen LogP contribution in [0.3, 0.4) is 0 Å².